The molecule has 0 atom stereocenters. The third-order valence-electron chi connectivity index (χ3n) is 8.99. The monoisotopic (exact) mass is 537 g/mol. The van der Waals surface area contributed by atoms with Crippen LogP contribution in [0.15, 0.2) is 152 Å². The summed E-state index contributed by atoms with van der Waals surface area (Å²) in [5, 5.41) is 5.06. The minimum absolute atomic E-state index is 0.129. The van der Waals surface area contributed by atoms with E-state index >= 15 is 0 Å². The van der Waals surface area contributed by atoms with Gasteiger partial charge in [-0.3, -0.25) is 0 Å². The molecule has 0 spiro atoms. The molecule has 0 saturated heterocycles. The van der Waals surface area contributed by atoms with Crippen molar-refractivity contribution in [3.05, 3.63) is 163 Å². The largest absolute Gasteiger partial charge is 0.309 e. The molecule has 0 bridgehead atoms. The van der Waals surface area contributed by atoms with Crippen molar-refractivity contribution >= 4 is 38.6 Å². The smallest absolute Gasteiger partial charge is 0.0549 e. The van der Waals surface area contributed by atoms with Crippen molar-refractivity contribution in [2.45, 2.75) is 19.3 Å². The third-order valence-corrected chi connectivity index (χ3v) is 8.99. The molecular weight excluding hydrogens is 506 g/mol. The SMILES string of the molecule is CC1(C)c2ccccc2-c2c(N(c3ccc4ccccc4c3)c3ccccc3-c3ccccc3)cc3ccccc3c21. The Balaban J connectivity index is 1.51. The Morgan fingerprint density at radius 2 is 1.12 bits per heavy atom. The first-order valence-electron chi connectivity index (χ1n) is 14.7. The first kappa shape index (κ1) is 24.6. The average molecular weight is 538 g/mol. The summed E-state index contributed by atoms with van der Waals surface area (Å²) in [6.45, 7) is 4.76. The van der Waals surface area contributed by atoms with Crippen molar-refractivity contribution in [1.82, 2.24) is 0 Å². The van der Waals surface area contributed by atoms with Crippen LogP contribution >= 0.6 is 0 Å². The first-order valence-corrected chi connectivity index (χ1v) is 14.7. The van der Waals surface area contributed by atoms with Crippen molar-refractivity contribution in [1.29, 1.82) is 0 Å². The van der Waals surface area contributed by atoms with Gasteiger partial charge in [0.1, 0.15) is 0 Å². The van der Waals surface area contributed by atoms with Crippen LogP contribution in [0.25, 0.3) is 43.8 Å². The van der Waals surface area contributed by atoms with Gasteiger partial charge in [-0.1, -0.05) is 141 Å². The molecule has 42 heavy (non-hydrogen) atoms. The minimum atomic E-state index is -0.129. The maximum atomic E-state index is 2.50. The Kier molecular flexibility index (Phi) is 5.55. The van der Waals surface area contributed by atoms with E-state index in [1.165, 1.54) is 66.3 Å². The molecule has 0 aromatic heterocycles. The topological polar surface area (TPSA) is 3.24 Å². The molecule has 0 heterocycles. The summed E-state index contributed by atoms with van der Waals surface area (Å²) in [6, 6.07) is 55.4. The Morgan fingerprint density at radius 1 is 0.476 bits per heavy atom. The molecule has 8 rings (SSSR count). The standard InChI is InChI=1S/C41H31N/c1-41(2)36-22-12-10-21-35(36)39-38(27-31-18-8-9-20-34(31)40(39)41)42(32-25-24-28-14-6-7-17-30(28)26-32)37-23-13-11-19-33(37)29-15-4-3-5-16-29/h3-27H,1-2H3. The van der Waals surface area contributed by atoms with Crippen LogP contribution in [0.5, 0.6) is 0 Å². The third kappa shape index (κ3) is 3.71. The van der Waals surface area contributed by atoms with E-state index in [0.717, 1.165) is 5.69 Å². The van der Waals surface area contributed by atoms with E-state index in [2.05, 4.69) is 170 Å². The van der Waals surface area contributed by atoms with Crippen LogP contribution in [0.2, 0.25) is 0 Å². The molecule has 7 aromatic carbocycles. The fourth-order valence-electron chi connectivity index (χ4n) is 7.07. The zero-order valence-corrected chi connectivity index (χ0v) is 23.9. The minimum Gasteiger partial charge on any atom is -0.309 e. The van der Waals surface area contributed by atoms with Gasteiger partial charge in [-0.25, -0.2) is 0 Å². The van der Waals surface area contributed by atoms with Crippen molar-refractivity contribution in [2.24, 2.45) is 0 Å². The average Bonchev–Trinajstić information content (AvgIpc) is 3.29. The highest BCUT2D eigenvalue weighted by Crippen LogP contribution is 2.57. The summed E-state index contributed by atoms with van der Waals surface area (Å²) >= 11 is 0. The van der Waals surface area contributed by atoms with Crippen LogP contribution < -0.4 is 4.90 Å². The molecule has 0 amide bonds. The van der Waals surface area contributed by atoms with E-state index in [-0.39, 0.29) is 5.41 Å². The predicted octanol–water partition coefficient (Wildman–Crippen LogP) is 11.4. The molecule has 200 valence electrons. The zero-order valence-electron chi connectivity index (χ0n) is 23.9. The number of benzene rings is 7. The second kappa shape index (κ2) is 9.46. The number of para-hydroxylation sites is 1. The molecule has 1 nitrogen and oxygen atoms in total. The van der Waals surface area contributed by atoms with Gasteiger partial charge in [0.05, 0.1) is 11.4 Å². The van der Waals surface area contributed by atoms with Crippen molar-refractivity contribution < 1.29 is 0 Å². The van der Waals surface area contributed by atoms with Crippen LogP contribution in [0, 0.1) is 0 Å². The zero-order chi connectivity index (χ0) is 28.3. The van der Waals surface area contributed by atoms with Gasteiger partial charge < -0.3 is 4.90 Å². The van der Waals surface area contributed by atoms with Gasteiger partial charge in [0, 0.05) is 22.2 Å². The summed E-state index contributed by atoms with van der Waals surface area (Å²) in [5.74, 6) is 0. The second-order valence-electron chi connectivity index (χ2n) is 11.8. The quantitative estimate of drug-likeness (QED) is 0.216. The fraction of sp³-hybridized carbons (Fsp3) is 0.0732. The Hall–Kier alpha value is -5.14. The van der Waals surface area contributed by atoms with E-state index in [1.54, 1.807) is 0 Å². The summed E-state index contributed by atoms with van der Waals surface area (Å²) in [4.78, 5) is 2.50. The van der Waals surface area contributed by atoms with Crippen LogP contribution in [-0.2, 0) is 5.41 Å². The Bertz CT molecular complexity index is 2120. The number of hydrogen-bond donors (Lipinski definition) is 0. The molecule has 1 heteroatoms. The molecule has 1 aliphatic carbocycles. The first-order chi connectivity index (χ1) is 20.6. The van der Waals surface area contributed by atoms with Crippen molar-refractivity contribution in [3.63, 3.8) is 0 Å². The number of rotatable bonds is 4. The van der Waals surface area contributed by atoms with Gasteiger partial charge in [-0.2, -0.15) is 0 Å². The van der Waals surface area contributed by atoms with Gasteiger partial charge in [0.15, 0.2) is 0 Å². The molecule has 0 N–H and O–H groups in total. The summed E-state index contributed by atoms with van der Waals surface area (Å²) in [5.41, 5.74) is 11.2. The number of nitrogens with zero attached hydrogens (tertiary/aromatic N) is 1. The molecule has 7 aromatic rings. The number of hydrogen-bond acceptors (Lipinski definition) is 1. The van der Waals surface area contributed by atoms with E-state index in [1.807, 2.05) is 0 Å². The van der Waals surface area contributed by atoms with E-state index in [9.17, 15) is 0 Å². The van der Waals surface area contributed by atoms with Gasteiger partial charge >= 0.3 is 0 Å². The lowest BCUT2D eigenvalue weighted by molar-refractivity contribution is 0.666. The lowest BCUT2D eigenvalue weighted by Crippen LogP contribution is -2.17. The highest BCUT2D eigenvalue weighted by atomic mass is 15.1. The van der Waals surface area contributed by atoms with Crippen LogP contribution in [0.4, 0.5) is 17.1 Å². The Labute approximate surface area is 247 Å². The van der Waals surface area contributed by atoms with Crippen LogP contribution in [-0.4, -0.2) is 0 Å². The lowest BCUT2D eigenvalue weighted by atomic mass is 9.80. The van der Waals surface area contributed by atoms with E-state index in [4.69, 9.17) is 0 Å². The molecule has 0 radical (unpaired) electrons. The van der Waals surface area contributed by atoms with Gasteiger partial charge in [0.2, 0.25) is 0 Å². The molecular formula is C41H31N. The number of anilines is 3. The molecule has 0 fully saturated rings. The van der Waals surface area contributed by atoms with E-state index < -0.39 is 0 Å². The summed E-state index contributed by atoms with van der Waals surface area (Å²) in [7, 11) is 0. The normalized spacial score (nSPS) is 13.2. The van der Waals surface area contributed by atoms with Gasteiger partial charge in [-0.05, 0) is 68.1 Å². The number of fused-ring (bicyclic) bond motifs is 6. The van der Waals surface area contributed by atoms with Crippen LogP contribution in [0.1, 0.15) is 25.0 Å². The lowest BCUT2D eigenvalue weighted by Gasteiger charge is -2.31. The summed E-state index contributed by atoms with van der Waals surface area (Å²) in [6.07, 6.45) is 0. The molecule has 0 aliphatic heterocycles. The van der Waals surface area contributed by atoms with Gasteiger partial charge in [0.25, 0.3) is 0 Å². The van der Waals surface area contributed by atoms with Crippen LogP contribution in [0.3, 0.4) is 0 Å². The molecule has 0 unspecified atom stereocenters. The van der Waals surface area contributed by atoms with Gasteiger partial charge in [-0.15, -0.1) is 0 Å². The maximum absolute atomic E-state index is 2.50. The second-order valence-corrected chi connectivity index (χ2v) is 11.8. The molecule has 0 saturated carbocycles. The highest BCUT2D eigenvalue weighted by molar-refractivity contribution is 6.07. The van der Waals surface area contributed by atoms with Crippen molar-refractivity contribution in [2.75, 3.05) is 4.90 Å². The van der Waals surface area contributed by atoms with Crippen molar-refractivity contribution in [3.8, 4) is 22.3 Å². The molecule has 1 aliphatic rings. The predicted molar refractivity (Wildman–Crippen MR) is 179 cm³/mol. The highest BCUT2D eigenvalue weighted by Gasteiger charge is 2.39. The Morgan fingerprint density at radius 3 is 1.95 bits per heavy atom. The summed E-state index contributed by atoms with van der Waals surface area (Å²) < 4.78 is 0. The fourth-order valence-corrected chi connectivity index (χ4v) is 7.07. The maximum Gasteiger partial charge on any atom is 0.0549 e. The van der Waals surface area contributed by atoms with E-state index in [0.29, 0.717) is 0 Å².